The average molecular weight is 409 g/mol. The molecule has 0 bridgehead atoms. The summed E-state index contributed by atoms with van der Waals surface area (Å²) < 4.78 is 11.1. The minimum Gasteiger partial charge on any atom is -0.474 e. The van der Waals surface area contributed by atoms with E-state index in [-0.39, 0.29) is 11.9 Å². The molecule has 1 aromatic rings. The van der Waals surface area contributed by atoms with Gasteiger partial charge in [-0.2, -0.15) is 0 Å². The molecule has 0 spiro atoms. The van der Waals surface area contributed by atoms with Crippen LogP contribution < -0.4 is 5.38 Å². The monoisotopic (exact) mass is 408 g/mol. The van der Waals surface area contributed by atoms with Crippen LogP contribution in [0.15, 0.2) is 16.7 Å². The first-order chi connectivity index (χ1) is 13.4. The predicted molar refractivity (Wildman–Crippen MR) is 122 cm³/mol. The molecule has 0 aliphatic rings. The molecule has 28 heavy (non-hydrogen) atoms. The van der Waals surface area contributed by atoms with E-state index in [0.717, 1.165) is 11.8 Å². The summed E-state index contributed by atoms with van der Waals surface area (Å²) in [5.74, 6) is 0.136. The summed E-state index contributed by atoms with van der Waals surface area (Å²) in [7, 11) is -1.46. The van der Waals surface area contributed by atoms with Crippen molar-refractivity contribution in [3.8, 4) is 0 Å². The molecule has 0 aliphatic heterocycles. The van der Waals surface area contributed by atoms with Crippen molar-refractivity contribution in [1.82, 2.24) is 0 Å². The normalized spacial score (nSPS) is 12.9. The standard InChI is InChI=1S/C24H44O3Si/c1-6-8-9-10-11-12-13-14-15-16-17-21(18-23(25)26-7-2)22-19-24(27-20-22)28(3,4)5/h19-21H,6-18H2,1-5H3. The van der Waals surface area contributed by atoms with Gasteiger partial charge >= 0.3 is 5.97 Å². The first-order valence-electron chi connectivity index (χ1n) is 11.6. The highest BCUT2D eigenvalue weighted by Crippen LogP contribution is 2.27. The maximum absolute atomic E-state index is 12.1. The third-order valence-electron chi connectivity index (χ3n) is 5.45. The fraction of sp³-hybridized carbons (Fsp3) is 0.792. The molecule has 1 atom stereocenters. The minimum atomic E-state index is -1.46. The summed E-state index contributed by atoms with van der Waals surface area (Å²) >= 11 is 0. The van der Waals surface area contributed by atoms with Crippen LogP contribution in [0.4, 0.5) is 0 Å². The van der Waals surface area contributed by atoms with Crippen molar-refractivity contribution in [2.75, 3.05) is 6.61 Å². The molecule has 0 aliphatic carbocycles. The van der Waals surface area contributed by atoms with Crippen LogP contribution in [0.5, 0.6) is 0 Å². The summed E-state index contributed by atoms with van der Waals surface area (Å²) in [5.41, 5.74) is 1.18. The zero-order valence-electron chi connectivity index (χ0n) is 19.1. The number of carbonyl (C=O) groups excluding carboxylic acids is 1. The summed E-state index contributed by atoms with van der Waals surface area (Å²) in [4.78, 5) is 12.1. The molecule has 0 saturated heterocycles. The second kappa shape index (κ2) is 14.0. The zero-order valence-corrected chi connectivity index (χ0v) is 20.1. The molecule has 0 radical (unpaired) electrons. The third kappa shape index (κ3) is 10.5. The van der Waals surface area contributed by atoms with Gasteiger partial charge < -0.3 is 9.15 Å². The summed E-state index contributed by atoms with van der Waals surface area (Å²) in [5, 5.41) is 1.12. The molecule has 0 amide bonds. The van der Waals surface area contributed by atoms with Gasteiger partial charge in [-0.15, -0.1) is 0 Å². The van der Waals surface area contributed by atoms with Crippen molar-refractivity contribution < 1.29 is 13.9 Å². The van der Waals surface area contributed by atoms with E-state index in [2.05, 4.69) is 32.6 Å². The molecular weight excluding hydrogens is 364 g/mol. The zero-order chi connectivity index (χ0) is 20.8. The summed E-state index contributed by atoms with van der Waals surface area (Å²) in [6.07, 6.45) is 16.7. The van der Waals surface area contributed by atoms with Crippen molar-refractivity contribution in [3.63, 3.8) is 0 Å². The lowest BCUT2D eigenvalue weighted by Crippen LogP contribution is -2.36. The van der Waals surface area contributed by atoms with Crippen LogP contribution in [-0.2, 0) is 9.53 Å². The van der Waals surface area contributed by atoms with Gasteiger partial charge in [0.05, 0.1) is 24.7 Å². The van der Waals surface area contributed by atoms with Crippen molar-refractivity contribution >= 4 is 19.4 Å². The number of hydrogen-bond acceptors (Lipinski definition) is 3. The van der Waals surface area contributed by atoms with Gasteiger partial charge in [0.25, 0.3) is 0 Å². The van der Waals surface area contributed by atoms with Crippen LogP contribution in [0.1, 0.15) is 102 Å². The third-order valence-corrected chi connectivity index (χ3v) is 7.20. The van der Waals surface area contributed by atoms with Gasteiger partial charge in [-0.1, -0.05) is 90.8 Å². The molecule has 3 nitrogen and oxygen atoms in total. The van der Waals surface area contributed by atoms with Gasteiger partial charge in [-0.3, -0.25) is 4.79 Å². The lowest BCUT2D eigenvalue weighted by molar-refractivity contribution is -0.143. The fourth-order valence-corrected chi connectivity index (χ4v) is 4.66. The Bertz CT molecular complexity index is 530. The molecule has 0 aromatic carbocycles. The molecular formula is C24H44O3Si. The predicted octanol–water partition coefficient (Wildman–Crippen LogP) is 7.17. The second-order valence-electron chi connectivity index (χ2n) is 9.17. The second-order valence-corrected chi connectivity index (χ2v) is 14.2. The molecule has 1 rings (SSSR count). The van der Waals surface area contributed by atoms with E-state index >= 15 is 0 Å². The summed E-state index contributed by atoms with van der Waals surface area (Å²) in [6, 6.07) is 2.20. The van der Waals surface area contributed by atoms with E-state index in [1.165, 1.54) is 69.8 Å². The average Bonchev–Trinajstić information content (AvgIpc) is 3.13. The number of carbonyl (C=O) groups is 1. The highest BCUT2D eigenvalue weighted by Gasteiger charge is 2.24. The Hall–Kier alpha value is -1.03. The highest BCUT2D eigenvalue weighted by molar-refractivity contribution is 6.87. The van der Waals surface area contributed by atoms with Crippen LogP contribution in [-0.4, -0.2) is 20.7 Å². The van der Waals surface area contributed by atoms with Gasteiger partial charge in [0.15, 0.2) is 0 Å². The maximum Gasteiger partial charge on any atom is 0.306 e. The van der Waals surface area contributed by atoms with E-state index in [4.69, 9.17) is 9.15 Å². The largest absolute Gasteiger partial charge is 0.474 e. The highest BCUT2D eigenvalue weighted by atomic mass is 28.3. The van der Waals surface area contributed by atoms with E-state index in [9.17, 15) is 4.79 Å². The van der Waals surface area contributed by atoms with Gasteiger partial charge in [-0.05, 0) is 30.9 Å². The molecule has 1 aromatic heterocycles. The lowest BCUT2D eigenvalue weighted by Gasteiger charge is -2.15. The van der Waals surface area contributed by atoms with E-state index in [1.807, 2.05) is 13.2 Å². The van der Waals surface area contributed by atoms with Crippen molar-refractivity contribution in [2.45, 2.75) is 116 Å². The van der Waals surface area contributed by atoms with Crippen LogP contribution in [0.25, 0.3) is 0 Å². The Morgan fingerprint density at radius 3 is 2.04 bits per heavy atom. The topological polar surface area (TPSA) is 39.4 Å². The maximum atomic E-state index is 12.1. The Morgan fingerprint density at radius 1 is 0.964 bits per heavy atom. The van der Waals surface area contributed by atoms with Crippen LogP contribution in [0, 0.1) is 0 Å². The van der Waals surface area contributed by atoms with Crippen molar-refractivity contribution in [3.05, 3.63) is 17.9 Å². The molecule has 162 valence electrons. The Balaban J connectivity index is 2.40. The number of unbranched alkanes of at least 4 members (excludes halogenated alkanes) is 9. The fourth-order valence-electron chi connectivity index (χ4n) is 3.64. The smallest absolute Gasteiger partial charge is 0.306 e. The number of furan rings is 1. The molecule has 4 heteroatoms. The molecule has 0 N–H and O–H groups in total. The number of esters is 1. The van der Waals surface area contributed by atoms with E-state index < -0.39 is 8.07 Å². The Morgan fingerprint density at radius 2 is 1.54 bits per heavy atom. The van der Waals surface area contributed by atoms with Crippen LogP contribution in [0.2, 0.25) is 19.6 Å². The lowest BCUT2D eigenvalue weighted by atomic mass is 9.92. The van der Waals surface area contributed by atoms with Gasteiger partial charge in [0.1, 0.15) is 8.07 Å². The first-order valence-corrected chi connectivity index (χ1v) is 15.1. The van der Waals surface area contributed by atoms with Gasteiger partial charge in [0, 0.05) is 0 Å². The SMILES string of the molecule is CCCCCCCCCCCCC(CC(=O)OCC)c1coc([Si](C)(C)C)c1. The quantitative estimate of drug-likeness (QED) is 0.165. The van der Waals surface area contributed by atoms with Gasteiger partial charge in [0.2, 0.25) is 0 Å². The van der Waals surface area contributed by atoms with E-state index in [0.29, 0.717) is 13.0 Å². The van der Waals surface area contributed by atoms with Crippen LogP contribution >= 0.6 is 0 Å². The number of rotatable bonds is 16. The molecule has 0 fully saturated rings. The van der Waals surface area contributed by atoms with Crippen LogP contribution in [0.3, 0.4) is 0 Å². The van der Waals surface area contributed by atoms with Gasteiger partial charge in [-0.25, -0.2) is 0 Å². The Kier molecular flexibility index (Phi) is 12.5. The summed E-state index contributed by atoms with van der Waals surface area (Å²) in [6.45, 7) is 11.5. The molecule has 1 unspecified atom stereocenters. The molecule has 1 heterocycles. The minimum absolute atomic E-state index is 0.0877. The Labute approximate surface area is 174 Å². The van der Waals surface area contributed by atoms with Crippen molar-refractivity contribution in [1.29, 1.82) is 0 Å². The van der Waals surface area contributed by atoms with E-state index in [1.54, 1.807) is 0 Å². The molecule has 0 saturated carbocycles. The first kappa shape index (κ1) is 25.0. The van der Waals surface area contributed by atoms with Crippen molar-refractivity contribution in [2.24, 2.45) is 0 Å². The number of hydrogen-bond donors (Lipinski definition) is 0. The number of ether oxygens (including phenoxy) is 1.